The van der Waals surface area contributed by atoms with Crippen LogP contribution in [0.4, 0.5) is 5.88 Å². The summed E-state index contributed by atoms with van der Waals surface area (Å²) in [6, 6.07) is 1.48. The van der Waals surface area contributed by atoms with Gasteiger partial charge in [-0.05, 0) is 25.7 Å². The average molecular weight is 237 g/mol. The van der Waals surface area contributed by atoms with Gasteiger partial charge in [-0.1, -0.05) is 0 Å². The monoisotopic (exact) mass is 237 g/mol. The normalized spacial score (nSPS) is 21.4. The van der Waals surface area contributed by atoms with Crippen molar-refractivity contribution >= 4 is 11.9 Å². The second-order valence-electron chi connectivity index (χ2n) is 4.93. The zero-order valence-corrected chi connectivity index (χ0v) is 9.73. The largest absolute Gasteiger partial charge is 0.480 e. The summed E-state index contributed by atoms with van der Waals surface area (Å²) in [6.45, 7) is 0.770. The van der Waals surface area contributed by atoms with E-state index < -0.39 is 5.97 Å². The maximum Gasteiger partial charge on any atom is 0.372 e. The van der Waals surface area contributed by atoms with Gasteiger partial charge in [0.15, 0.2) is 5.75 Å². The molecule has 0 bridgehead atoms. The van der Waals surface area contributed by atoms with Crippen LogP contribution in [0, 0.1) is 0 Å². The van der Waals surface area contributed by atoms with Crippen LogP contribution in [0.25, 0.3) is 0 Å². The molecule has 1 saturated carbocycles. The Morgan fingerprint density at radius 2 is 2.18 bits per heavy atom. The Labute approximate surface area is 99.0 Å². The van der Waals surface area contributed by atoms with E-state index in [2.05, 4.69) is 0 Å². The quantitative estimate of drug-likeness (QED) is 0.810. The third-order valence-corrected chi connectivity index (χ3v) is 3.60. The lowest BCUT2D eigenvalue weighted by atomic mass is 10.00. The average Bonchev–Trinajstić information content (AvgIpc) is 2.85. The topological polar surface area (TPSA) is 62.9 Å². The van der Waals surface area contributed by atoms with E-state index in [1.54, 1.807) is 0 Å². The Bertz CT molecular complexity index is 459. The highest BCUT2D eigenvalue weighted by molar-refractivity contribution is 5.86. The first-order chi connectivity index (χ1) is 8.10. The maximum absolute atomic E-state index is 10.9. The number of hydrogen-bond donors (Lipinski definition) is 1. The number of fused-ring (bicyclic) bond motifs is 1. The van der Waals surface area contributed by atoms with Gasteiger partial charge in [0, 0.05) is 13.1 Å². The van der Waals surface area contributed by atoms with Crippen molar-refractivity contribution < 1.29 is 19.1 Å². The Morgan fingerprint density at radius 3 is 2.82 bits per heavy atom. The Morgan fingerprint density at radius 1 is 1.47 bits per heavy atom. The molecule has 0 atom stereocenters. The summed E-state index contributed by atoms with van der Waals surface area (Å²) in [7, 11) is 1.91. The van der Waals surface area contributed by atoms with Gasteiger partial charge in [0.25, 0.3) is 0 Å². The predicted octanol–water partition coefficient (Wildman–Crippen LogP) is 2.12. The van der Waals surface area contributed by atoms with Crippen molar-refractivity contribution in [2.45, 2.75) is 31.3 Å². The molecule has 1 aromatic rings. The first-order valence-corrected chi connectivity index (χ1v) is 5.87. The van der Waals surface area contributed by atoms with E-state index in [4.69, 9.17) is 14.3 Å². The molecular weight excluding hydrogens is 222 g/mol. The number of carboxylic acids is 1. The number of aromatic carboxylic acids is 1. The van der Waals surface area contributed by atoms with E-state index in [0.29, 0.717) is 11.6 Å². The second-order valence-corrected chi connectivity index (χ2v) is 4.93. The van der Waals surface area contributed by atoms with Crippen LogP contribution in [0.15, 0.2) is 10.5 Å². The van der Waals surface area contributed by atoms with E-state index in [-0.39, 0.29) is 11.4 Å². The van der Waals surface area contributed by atoms with E-state index >= 15 is 0 Å². The van der Waals surface area contributed by atoms with Crippen molar-refractivity contribution in [2.75, 3.05) is 18.5 Å². The summed E-state index contributed by atoms with van der Waals surface area (Å²) in [5.41, 5.74) is -0.138. The minimum absolute atomic E-state index is 0.0584. The van der Waals surface area contributed by atoms with Crippen molar-refractivity contribution in [1.82, 2.24) is 0 Å². The standard InChI is InChI=1S/C12H15NO4/c1-13-7-12(4-2-3-5-12)17-8-6-9(11(14)15)16-10(8)13/h6H,2-5,7H2,1H3,(H,14,15). The van der Waals surface area contributed by atoms with E-state index in [1.165, 1.54) is 18.9 Å². The van der Waals surface area contributed by atoms with Gasteiger partial charge >= 0.3 is 5.97 Å². The number of ether oxygens (including phenoxy) is 1. The molecule has 2 heterocycles. The highest BCUT2D eigenvalue weighted by atomic mass is 16.5. The fourth-order valence-corrected chi connectivity index (χ4v) is 2.86. The van der Waals surface area contributed by atoms with Crippen LogP contribution in [-0.2, 0) is 0 Å². The third kappa shape index (κ3) is 1.57. The zero-order chi connectivity index (χ0) is 12.0. The molecule has 0 amide bonds. The van der Waals surface area contributed by atoms with Crippen LogP contribution in [0.1, 0.15) is 36.2 Å². The van der Waals surface area contributed by atoms with Crippen LogP contribution in [0.5, 0.6) is 5.75 Å². The third-order valence-electron chi connectivity index (χ3n) is 3.60. The molecule has 0 unspecified atom stereocenters. The second kappa shape index (κ2) is 3.42. The number of carboxylic acid groups (broad SMARTS) is 1. The molecule has 92 valence electrons. The smallest absolute Gasteiger partial charge is 0.372 e. The number of likely N-dealkylation sites (N-methyl/N-ethyl adjacent to an activating group) is 1. The minimum Gasteiger partial charge on any atom is -0.480 e. The molecule has 1 aliphatic heterocycles. The Balaban J connectivity index is 1.97. The minimum atomic E-state index is -1.06. The summed E-state index contributed by atoms with van der Waals surface area (Å²) in [5.74, 6) is -0.0215. The lowest BCUT2D eigenvalue weighted by molar-refractivity contribution is 0.0661. The van der Waals surface area contributed by atoms with Crippen molar-refractivity contribution in [2.24, 2.45) is 0 Å². The Hall–Kier alpha value is -1.65. The van der Waals surface area contributed by atoms with Crippen LogP contribution in [-0.4, -0.2) is 30.3 Å². The molecule has 3 rings (SSSR count). The van der Waals surface area contributed by atoms with Gasteiger partial charge in [-0.25, -0.2) is 4.79 Å². The van der Waals surface area contributed by atoms with E-state index in [9.17, 15) is 4.79 Å². The number of hydrogen-bond acceptors (Lipinski definition) is 4. The first kappa shape index (κ1) is 10.5. The van der Waals surface area contributed by atoms with Gasteiger partial charge in [0.05, 0.1) is 6.54 Å². The predicted molar refractivity (Wildman–Crippen MR) is 60.8 cm³/mol. The summed E-state index contributed by atoms with van der Waals surface area (Å²) < 4.78 is 11.3. The van der Waals surface area contributed by atoms with Crippen LogP contribution >= 0.6 is 0 Å². The molecule has 5 nitrogen and oxygen atoms in total. The summed E-state index contributed by atoms with van der Waals surface area (Å²) >= 11 is 0. The van der Waals surface area contributed by atoms with Crippen LogP contribution < -0.4 is 9.64 Å². The lowest BCUT2D eigenvalue weighted by Crippen LogP contribution is -2.47. The van der Waals surface area contributed by atoms with Gasteiger partial charge in [0.1, 0.15) is 5.60 Å². The van der Waals surface area contributed by atoms with Crippen molar-refractivity contribution in [1.29, 1.82) is 0 Å². The highest BCUT2D eigenvalue weighted by Gasteiger charge is 2.43. The number of rotatable bonds is 1. The number of carbonyl (C=O) groups is 1. The van der Waals surface area contributed by atoms with Gasteiger partial charge in [0.2, 0.25) is 11.6 Å². The lowest BCUT2D eigenvalue weighted by Gasteiger charge is -2.38. The van der Waals surface area contributed by atoms with E-state index in [1.807, 2.05) is 11.9 Å². The zero-order valence-electron chi connectivity index (χ0n) is 9.73. The number of anilines is 1. The van der Waals surface area contributed by atoms with Gasteiger partial charge in [-0.3, -0.25) is 0 Å². The molecule has 1 aromatic heterocycles. The summed E-state index contributed by atoms with van der Waals surface area (Å²) in [6.07, 6.45) is 4.41. The van der Waals surface area contributed by atoms with Gasteiger partial charge in [-0.15, -0.1) is 0 Å². The first-order valence-electron chi connectivity index (χ1n) is 5.87. The summed E-state index contributed by atoms with van der Waals surface area (Å²) in [4.78, 5) is 12.8. The molecule has 2 aliphatic rings. The molecule has 0 saturated heterocycles. The van der Waals surface area contributed by atoms with Crippen LogP contribution in [0.2, 0.25) is 0 Å². The maximum atomic E-state index is 10.9. The number of furan rings is 1. The van der Waals surface area contributed by atoms with E-state index in [0.717, 1.165) is 19.4 Å². The fraction of sp³-hybridized carbons (Fsp3) is 0.583. The highest BCUT2D eigenvalue weighted by Crippen LogP contribution is 2.44. The molecule has 1 N–H and O–H groups in total. The van der Waals surface area contributed by atoms with Crippen LogP contribution in [0.3, 0.4) is 0 Å². The molecule has 0 radical (unpaired) electrons. The van der Waals surface area contributed by atoms with Gasteiger partial charge < -0.3 is 19.2 Å². The summed E-state index contributed by atoms with van der Waals surface area (Å²) in [5, 5.41) is 8.91. The molecular formula is C12H15NO4. The Kier molecular flexibility index (Phi) is 2.11. The molecule has 17 heavy (non-hydrogen) atoms. The van der Waals surface area contributed by atoms with Crippen molar-refractivity contribution in [3.63, 3.8) is 0 Å². The molecule has 1 aliphatic carbocycles. The van der Waals surface area contributed by atoms with Gasteiger partial charge in [-0.2, -0.15) is 0 Å². The molecule has 1 fully saturated rings. The molecule has 1 spiro atoms. The molecule has 5 heteroatoms. The SMILES string of the molecule is CN1CC2(CCCC2)Oc2cc(C(=O)O)oc21. The van der Waals surface area contributed by atoms with Crippen molar-refractivity contribution in [3.05, 3.63) is 11.8 Å². The van der Waals surface area contributed by atoms with Crippen molar-refractivity contribution in [3.8, 4) is 5.75 Å². The number of nitrogens with zero attached hydrogens (tertiary/aromatic N) is 1. The fourth-order valence-electron chi connectivity index (χ4n) is 2.86. The molecule has 0 aromatic carbocycles.